The number of nitrogens with zero attached hydrogens (tertiary/aromatic N) is 2. The summed E-state index contributed by atoms with van der Waals surface area (Å²) in [5.41, 5.74) is 1.10. The van der Waals surface area contributed by atoms with Crippen molar-refractivity contribution in [3.8, 4) is 6.07 Å². The number of hydrogen-bond donors (Lipinski definition) is 0. The molecule has 0 aliphatic heterocycles. The first-order chi connectivity index (χ1) is 8.19. The van der Waals surface area contributed by atoms with E-state index in [1.807, 2.05) is 43.3 Å². The number of benzene rings is 1. The summed E-state index contributed by atoms with van der Waals surface area (Å²) < 4.78 is 0. The van der Waals surface area contributed by atoms with Gasteiger partial charge in [-0.25, -0.2) is 0 Å². The molecule has 1 amide bonds. The van der Waals surface area contributed by atoms with E-state index in [1.54, 1.807) is 11.8 Å². The second-order valence-corrected chi connectivity index (χ2v) is 4.10. The number of nitriles is 1. The minimum absolute atomic E-state index is 0.0850. The topological polar surface area (TPSA) is 44.1 Å². The predicted octanol–water partition coefficient (Wildman–Crippen LogP) is 2.58. The van der Waals surface area contributed by atoms with E-state index in [9.17, 15) is 4.79 Å². The van der Waals surface area contributed by atoms with Crippen molar-refractivity contribution in [3.63, 3.8) is 0 Å². The van der Waals surface area contributed by atoms with Crippen LogP contribution in [0.2, 0.25) is 0 Å². The standard InChI is InChI=1S/C14H18N2O/c1-3-9-16(14(17)12(2)10-15)11-13-7-5-4-6-8-13/h4-8,12H,3,9,11H2,1-2H3. The van der Waals surface area contributed by atoms with Gasteiger partial charge >= 0.3 is 0 Å². The first kappa shape index (κ1) is 13.2. The van der Waals surface area contributed by atoms with E-state index in [0.717, 1.165) is 12.0 Å². The van der Waals surface area contributed by atoms with Crippen LogP contribution in [-0.2, 0) is 11.3 Å². The van der Waals surface area contributed by atoms with E-state index in [1.165, 1.54) is 0 Å². The van der Waals surface area contributed by atoms with Gasteiger partial charge in [0.15, 0.2) is 0 Å². The highest BCUT2D eigenvalue weighted by molar-refractivity contribution is 5.80. The van der Waals surface area contributed by atoms with Gasteiger partial charge in [0, 0.05) is 13.1 Å². The summed E-state index contributed by atoms with van der Waals surface area (Å²) in [5, 5.41) is 8.79. The van der Waals surface area contributed by atoms with Crippen molar-refractivity contribution in [2.75, 3.05) is 6.54 Å². The van der Waals surface area contributed by atoms with Crippen molar-refractivity contribution in [3.05, 3.63) is 35.9 Å². The Morgan fingerprint density at radius 1 is 1.41 bits per heavy atom. The third kappa shape index (κ3) is 3.92. The molecule has 1 atom stereocenters. The van der Waals surface area contributed by atoms with Crippen molar-refractivity contribution in [1.82, 2.24) is 4.90 Å². The quantitative estimate of drug-likeness (QED) is 0.780. The maximum absolute atomic E-state index is 12.0. The minimum atomic E-state index is -0.565. The fourth-order valence-electron chi connectivity index (χ4n) is 1.67. The molecule has 0 spiro atoms. The van der Waals surface area contributed by atoms with Crippen molar-refractivity contribution in [2.45, 2.75) is 26.8 Å². The molecule has 0 aliphatic carbocycles. The highest BCUT2D eigenvalue weighted by Gasteiger charge is 2.19. The summed E-state index contributed by atoms with van der Waals surface area (Å²) in [4.78, 5) is 13.7. The van der Waals surface area contributed by atoms with Crippen LogP contribution in [0.4, 0.5) is 0 Å². The van der Waals surface area contributed by atoms with Gasteiger partial charge in [-0.3, -0.25) is 4.79 Å². The van der Waals surface area contributed by atoms with Gasteiger partial charge in [0.05, 0.1) is 6.07 Å². The number of rotatable bonds is 5. The van der Waals surface area contributed by atoms with E-state index in [2.05, 4.69) is 0 Å². The Labute approximate surface area is 103 Å². The van der Waals surface area contributed by atoms with Gasteiger partial charge in [-0.2, -0.15) is 5.26 Å². The average Bonchev–Trinajstić information content (AvgIpc) is 2.37. The molecule has 0 saturated heterocycles. The molecule has 0 bridgehead atoms. The molecule has 0 heterocycles. The maximum Gasteiger partial charge on any atom is 0.239 e. The molecular formula is C14H18N2O. The summed E-state index contributed by atoms with van der Waals surface area (Å²) in [5.74, 6) is -0.650. The third-order valence-electron chi connectivity index (χ3n) is 2.59. The van der Waals surface area contributed by atoms with Gasteiger partial charge in [0.1, 0.15) is 5.92 Å². The van der Waals surface area contributed by atoms with Gasteiger partial charge in [-0.1, -0.05) is 37.3 Å². The normalized spacial score (nSPS) is 11.6. The van der Waals surface area contributed by atoms with E-state index >= 15 is 0 Å². The Morgan fingerprint density at radius 2 is 2.06 bits per heavy atom. The Bertz CT molecular complexity index is 394. The summed E-state index contributed by atoms with van der Waals surface area (Å²) in [6, 6.07) is 11.8. The van der Waals surface area contributed by atoms with Crippen LogP contribution in [0.3, 0.4) is 0 Å². The average molecular weight is 230 g/mol. The first-order valence-electron chi connectivity index (χ1n) is 5.91. The van der Waals surface area contributed by atoms with Gasteiger partial charge in [0.2, 0.25) is 5.91 Å². The predicted molar refractivity (Wildman–Crippen MR) is 66.9 cm³/mol. The van der Waals surface area contributed by atoms with E-state index in [-0.39, 0.29) is 5.91 Å². The zero-order valence-corrected chi connectivity index (χ0v) is 10.4. The summed E-state index contributed by atoms with van der Waals surface area (Å²) in [7, 11) is 0. The molecule has 0 N–H and O–H groups in total. The van der Waals surface area contributed by atoms with Crippen LogP contribution in [-0.4, -0.2) is 17.4 Å². The van der Waals surface area contributed by atoms with Crippen LogP contribution < -0.4 is 0 Å². The minimum Gasteiger partial charge on any atom is -0.337 e. The van der Waals surface area contributed by atoms with Crippen molar-refractivity contribution in [1.29, 1.82) is 5.26 Å². The Morgan fingerprint density at radius 3 is 2.59 bits per heavy atom. The lowest BCUT2D eigenvalue weighted by atomic mass is 10.1. The lowest BCUT2D eigenvalue weighted by Crippen LogP contribution is -2.34. The summed E-state index contributed by atoms with van der Waals surface area (Å²) >= 11 is 0. The van der Waals surface area contributed by atoms with Crippen LogP contribution in [0, 0.1) is 17.2 Å². The van der Waals surface area contributed by atoms with Gasteiger partial charge in [-0.15, -0.1) is 0 Å². The highest BCUT2D eigenvalue weighted by atomic mass is 16.2. The van der Waals surface area contributed by atoms with Crippen LogP contribution in [0.25, 0.3) is 0 Å². The SMILES string of the molecule is CCCN(Cc1ccccc1)C(=O)C(C)C#N. The van der Waals surface area contributed by atoms with Crippen LogP contribution in [0.15, 0.2) is 30.3 Å². The van der Waals surface area contributed by atoms with E-state index < -0.39 is 5.92 Å². The van der Waals surface area contributed by atoms with Crippen LogP contribution >= 0.6 is 0 Å². The molecular weight excluding hydrogens is 212 g/mol. The summed E-state index contributed by atoms with van der Waals surface area (Å²) in [6.07, 6.45) is 0.900. The van der Waals surface area contributed by atoms with Crippen molar-refractivity contribution in [2.24, 2.45) is 5.92 Å². The van der Waals surface area contributed by atoms with Gasteiger partial charge in [-0.05, 0) is 18.9 Å². The fraction of sp³-hybridized carbons (Fsp3) is 0.429. The zero-order chi connectivity index (χ0) is 12.7. The van der Waals surface area contributed by atoms with Gasteiger partial charge in [0.25, 0.3) is 0 Å². The monoisotopic (exact) mass is 230 g/mol. The molecule has 0 saturated carbocycles. The molecule has 1 aromatic carbocycles. The fourth-order valence-corrected chi connectivity index (χ4v) is 1.67. The Hall–Kier alpha value is -1.82. The largest absolute Gasteiger partial charge is 0.337 e. The Balaban J connectivity index is 2.74. The molecule has 3 heteroatoms. The van der Waals surface area contributed by atoms with E-state index in [4.69, 9.17) is 5.26 Å². The molecule has 0 fully saturated rings. The molecule has 0 aromatic heterocycles. The zero-order valence-electron chi connectivity index (χ0n) is 10.4. The molecule has 0 radical (unpaired) electrons. The van der Waals surface area contributed by atoms with Crippen molar-refractivity contribution >= 4 is 5.91 Å². The lowest BCUT2D eigenvalue weighted by molar-refractivity contribution is -0.133. The highest BCUT2D eigenvalue weighted by Crippen LogP contribution is 2.09. The first-order valence-corrected chi connectivity index (χ1v) is 5.91. The van der Waals surface area contributed by atoms with E-state index in [0.29, 0.717) is 13.1 Å². The lowest BCUT2D eigenvalue weighted by Gasteiger charge is -2.23. The molecule has 17 heavy (non-hydrogen) atoms. The second-order valence-electron chi connectivity index (χ2n) is 4.10. The maximum atomic E-state index is 12.0. The number of carbonyl (C=O) groups is 1. The second kappa shape index (κ2) is 6.70. The van der Waals surface area contributed by atoms with Crippen molar-refractivity contribution < 1.29 is 4.79 Å². The molecule has 3 nitrogen and oxygen atoms in total. The molecule has 0 aliphatic rings. The summed E-state index contributed by atoms with van der Waals surface area (Å²) in [6.45, 7) is 4.96. The third-order valence-corrected chi connectivity index (χ3v) is 2.59. The van der Waals surface area contributed by atoms with Crippen LogP contribution in [0.1, 0.15) is 25.8 Å². The number of carbonyl (C=O) groups excluding carboxylic acids is 1. The number of amides is 1. The number of hydrogen-bond acceptors (Lipinski definition) is 2. The molecule has 90 valence electrons. The van der Waals surface area contributed by atoms with Crippen LogP contribution in [0.5, 0.6) is 0 Å². The molecule has 1 rings (SSSR count). The van der Waals surface area contributed by atoms with Gasteiger partial charge < -0.3 is 4.90 Å². The Kier molecular flexibility index (Phi) is 5.22. The smallest absolute Gasteiger partial charge is 0.239 e. The molecule has 1 aromatic rings. The molecule has 1 unspecified atom stereocenters.